The Kier molecular flexibility index (Phi) is 4.54. The monoisotopic (exact) mass is 254 g/mol. The number of rotatable bonds is 5. The molecule has 96 valence electrons. The van der Waals surface area contributed by atoms with Gasteiger partial charge in [0.25, 0.3) is 0 Å². The van der Waals surface area contributed by atoms with Crippen molar-refractivity contribution in [3.05, 3.63) is 16.1 Å². The number of thiazole rings is 1. The molecule has 0 amide bonds. The topological polar surface area (TPSA) is 34.2 Å². The average Bonchev–Trinajstić information content (AvgIpc) is 2.88. The van der Waals surface area contributed by atoms with E-state index < -0.39 is 0 Å². The number of aryl methyl sites for hydroxylation is 1. The van der Waals surface area contributed by atoms with E-state index in [4.69, 9.17) is 4.74 Å². The summed E-state index contributed by atoms with van der Waals surface area (Å²) in [6.07, 6.45) is 1.63. The van der Waals surface area contributed by atoms with E-state index >= 15 is 0 Å². The van der Waals surface area contributed by atoms with Gasteiger partial charge in [0.1, 0.15) is 0 Å². The van der Waals surface area contributed by atoms with Gasteiger partial charge in [-0.15, -0.1) is 11.3 Å². The summed E-state index contributed by atoms with van der Waals surface area (Å²) in [7, 11) is 0. The van der Waals surface area contributed by atoms with Crippen LogP contribution in [0.25, 0.3) is 0 Å². The summed E-state index contributed by atoms with van der Waals surface area (Å²) in [5.41, 5.74) is 3.08. The van der Waals surface area contributed by atoms with Gasteiger partial charge in [-0.25, -0.2) is 4.98 Å². The lowest BCUT2D eigenvalue weighted by Gasteiger charge is -2.22. The number of nitrogens with zero attached hydrogens (tertiary/aromatic N) is 1. The van der Waals surface area contributed by atoms with Crippen LogP contribution in [0, 0.1) is 18.8 Å². The first-order chi connectivity index (χ1) is 8.18. The second-order valence-electron chi connectivity index (χ2n) is 5.12. The molecule has 17 heavy (non-hydrogen) atoms. The molecule has 1 aliphatic rings. The number of hydrogen-bond donors (Lipinski definition) is 1. The van der Waals surface area contributed by atoms with Gasteiger partial charge < -0.3 is 10.1 Å². The molecule has 0 aromatic carbocycles. The van der Waals surface area contributed by atoms with Gasteiger partial charge in [0.15, 0.2) is 0 Å². The number of hydrogen-bond acceptors (Lipinski definition) is 4. The Morgan fingerprint density at radius 2 is 2.41 bits per heavy atom. The van der Waals surface area contributed by atoms with E-state index in [9.17, 15) is 0 Å². The Morgan fingerprint density at radius 3 is 3.06 bits per heavy atom. The van der Waals surface area contributed by atoms with Crippen LogP contribution >= 0.6 is 11.3 Å². The van der Waals surface area contributed by atoms with Gasteiger partial charge in [-0.2, -0.15) is 0 Å². The van der Waals surface area contributed by atoms with Crippen LogP contribution in [-0.2, 0) is 11.3 Å². The minimum Gasteiger partial charge on any atom is -0.378 e. The quantitative estimate of drug-likeness (QED) is 0.877. The maximum absolute atomic E-state index is 5.79. The van der Waals surface area contributed by atoms with Gasteiger partial charge in [0.05, 0.1) is 17.3 Å². The van der Waals surface area contributed by atoms with Crippen LogP contribution in [0.5, 0.6) is 0 Å². The van der Waals surface area contributed by atoms with Crippen molar-refractivity contribution >= 4 is 11.3 Å². The lowest BCUT2D eigenvalue weighted by molar-refractivity contribution is 0.0539. The first-order valence-corrected chi connectivity index (χ1v) is 7.27. The van der Waals surface area contributed by atoms with Crippen molar-refractivity contribution < 1.29 is 4.74 Å². The van der Waals surface area contributed by atoms with Gasteiger partial charge in [-0.1, -0.05) is 13.8 Å². The van der Waals surface area contributed by atoms with Crippen LogP contribution in [0.4, 0.5) is 0 Å². The molecule has 0 saturated carbocycles. The fourth-order valence-electron chi connectivity index (χ4n) is 2.48. The highest BCUT2D eigenvalue weighted by Crippen LogP contribution is 2.26. The van der Waals surface area contributed by atoms with E-state index in [0.717, 1.165) is 25.4 Å². The summed E-state index contributed by atoms with van der Waals surface area (Å²) in [6, 6.07) is 0. The summed E-state index contributed by atoms with van der Waals surface area (Å²) in [4.78, 5) is 5.62. The zero-order valence-corrected chi connectivity index (χ0v) is 11.7. The molecule has 0 bridgehead atoms. The Morgan fingerprint density at radius 1 is 1.59 bits per heavy atom. The summed E-state index contributed by atoms with van der Waals surface area (Å²) >= 11 is 1.73. The Labute approximate surface area is 108 Å². The van der Waals surface area contributed by atoms with Gasteiger partial charge >= 0.3 is 0 Å². The highest BCUT2D eigenvalue weighted by molar-refractivity contribution is 7.09. The van der Waals surface area contributed by atoms with E-state index in [-0.39, 0.29) is 0 Å². The smallest absolute Gasteiger partial charge is 0.0798 e. The predicted molar refractivity (Wildman–Crippen MR) is 71.2 cm³/mol. The Bertz CT molecular complexity index is 351. The third-order valence-corrected chi connectivity index (χ3v) is 4.39. The fourth-order valence-corrected chi connectivity index (χ4v) is 3.22. The highest BCUT2D eigenvalue weighted by atomic mass is 32.1. The van der Waals surface area contributed by atoms with Gasteiger partial charge in [-0.05, 0) is 25.2 Å². The first kappa shape index (κ1) is 13.0. The molecule has 4 heteroatoms. The average molecular weight is 254 g/mol. The minimum atomic E-state index is 0.435. The molecule has 0 spiro atoms. The molecule has 1 fully saturated rings. The normalized spacial score (nSPS) is 24.7. The SMILES string of the molecule is Cc1ncsc1CNC[C@H]1CCO[C@@H]1C(C)C. The lowest BCUT2D eigenvalue weighted by atomic mass is 9.93. The molecule has 2 rings (SSSR count). The van der Waals surface area contributed by atoms with Gasteiger partial charge in [-0.3, -0.25) is 0 Å². The zero-order valence-electron chi connectivity index (χ0n) is 10.9. The molecule has 1 aromatic heterocycles. The van der Waals surface area contributed by atoms with Crippen molar-refractivity contribution in [2.45, 2.75) is 39.8 Å². The lowest BCUT2D eigenvalue weighted by Crippen LogP contribution is -2.31. The van der Waals surface area contributed by atoms with Gasteiger partial charge in [0, 0.05) is 24.6 Å². The van der Waals surface area contributed by atoms with E-state index in [1.807, 2.05) is 5.51 Å². The Balaban J connectivity index is 1.77. The fraction of sp³-hybridized carbons (Fsp3) is 0.769. The second-order valence-corrected chi connectivity index (χ2v) is 6.06. The van der Waals surface area contributed by atoms with Crippen molar-refractivity contribution in [1.29, 1.82) is 0 Å². The molecular weight excluding hydrogens is 232 g/mol. The van der Waals surface area contributed by atoms with Crippen LogP contribution < -0.4 is 5.32 Å². The van der Waals surface area contributed by atoms with Crippen LogP contribution in [0.2, 0.25) is 0 Å². The molecule has 2 heterocycles. The van der Waals surface area contributed by atoms with Gasteiger partial charge in [0.2, 0.25) is 0 Å². The van der Waals surface area contributed by atoms with Crippen molar-refractivity contribution in [1.82, 2.24) is 10.3 Å². The van der Waals surface area contributed by atoms with Crippen LogP contribution in [0.15, 0.2) is 5.51 Å². The van der Waals surface area contributed by atoms with E-state index in [1.165, 1.54) is 11.3 Å². The number of aromatic nitrogens is 1. The largest absolute Gasteiger partial charge is 0.378 e. The Hall–Kier alpha value is -0.450. The van der Waals surface area contributed by atoms with Crippen molar-refractivity contribution in [2.75, 3.05) is 13.2 Å². The molecule has 1 N–H and O–H groups in total. The van der Waals surface area contributed by atoms with Crippen molar-refractivity contribution in [2.24, 2.45) is 11.8 Å². The summed E-state index contributed by atoms with van der Waals surface area (Å²) in [5.74, 6) is 1.29. The third-order valence-electron chi connectivity index (χ3n) is 3.46. The van der Waals surface area contributed by atoms with Crippen LogP contribution in [-0.4, -0.2) is 24.2 Å². The van der Waals surface area contributed by atoms with Crippen LogP contribution in [0.3, 0.4) is 0 Å². The molecule has 0 aliphatic carbocycles. The number of nitrogens with one attached hydrogen (secondary N) is 1. The van der Waals surface area contributed by atoms with Crippen molar-refractivity contribution in [3.63, 3.8) is 0 Å². The van der Waals surface area contributed by atoms with Crippen LogP contribution in [0.1, 0.15) is 30.8 Å². The van der Waals surface area contributed by atoms with E-state index in [0.29, 0.717) is 17.9 Å². The third kappa shape index (κ3) is 3.27. The predicted octanol–water partition coefficient (Wildman–Crippen LogP) is 2.60. The molecule has 3 nitrogen and oxygen atoms in total. The summed E-state index contributed by atoms with van der Waals surface area (Å²) < 4.78 is 5.79. The first-order valence-electron chi connectivity index (χ1n) is 6.39. The molecule has 2 atom stereocenters. The molecule has 1 aromatic rings. The van der Waals surface area contributed by atoms with E-state index in [2.05, 4.69) is 31.1 Å². The zero-order chi connectivity index (χ0) is 12.3. The maximum atomic E-state index is 5.79. The molecule has 0 radical (unpaired) electrons. The van der Waals surface area contributed by atoms with E-state index in [1.54, 1.807) is 11.3 Å². The standard InChI is InChI=1S/C13H22N2OS/c1-9(2)13-11(4-5-16-13)6-14-7-12-10(3)15-8-17-12/h8-9,11,13-14H,4-7H2,1-3H3/t11-,13-/m1/s1. The summed E-state index contributed by atoms with van der Waals surface area (Å²) in [6.45, 7) is 9.49. The molecule has 0 unspecified atom stereocenters. The van der Waals surface area contributed by atoms with Crippen molar-refractivity contribution in [3.8, 4) is 0 Å². The summed E-state index contributed by atoms with van der Waals surface area (Å²) in [5, 5.41) is 3.55. The molecule has 1 aliphatic heterocycles. The minimum absolute atomic E-state index is 0.435. The highest BCUT2D eigenvalue weighted by Gasteiger charge is 2.30. The molecular formula is C13H22N2OS. The maximum Gasteiger partial charge on any atom is 0.0798 e. The molecule has 1 saturated heterocycles. The second kappa shape index (κ2) is 5.94. The number of ether oxygens (including phenoxy) is 1.